The van der Waals surface area contributed by atoms with E-state index < -0.39 is 0 Å². The van der Waals surface area contributed by atoms with E-state index in [1.54, 1.807) is 4.90 Å². The molecule has 0 aromatic carbocycles. The Hall–Kier alpha value is 0.392. The molecule has 2 radical (unpaired) electrons. The second-order valence-corrected chi connectivity index (χ2v) is 1.92. The predicted molar refractivity (Wildman–Crippen MR) is 35.4 cm³/mol. The van der Waals surface area contributed by atoms with Gasteiger partial charge in [-0.1, -0.05) is 0 Å². The number of nitrogens with zero attached hydrogens (tertiary/aromatic N) is 1. The van der Waals surface area contributed by atoms with Gasteiger partial charge < -0.3 is 4.90 Å². The summed E-state index contributed by atoms with van der Waals surface area (Å²) in [5.41, 5.74) is 0. The summed E-state index contributed by atoms with van der Waals surface area (Å²) in [6, 6.07) is 0. The molecule has 1 saturated heterocycles. The maximum atomic E-state index is 10.5. The number of hydrogen-bond acceptors (Lipinski definition) is 1. The fourth-order valence-corrected chi connectivity index (χ4v) is 0.783. The maximum absolute atomic E-state index is 10.5. The van der Waals surface area contributed by atoms with Crippen LogP contribution >= 0.6 is 0 Å². The van der Waals surface area contributed by atoms with Gasteiger partial charge in [0.15, 0.2) is 0 Å². The number of amides is 1. The van der Waals surface area contributed by atoms with Crippen LogP contribution in [-0.2, 0) is 4.79 Å². The molecule has 0 spiro atoms. The van der Waals surface area contributed by atoms with Gasteiger partial charge in [-0.3, -0.25) is 4.79 Å². The second-order valence-electron chi connectivity index (χ2n) is 1.92. The van der Waals surface area contributed by atoms with Crippen LogP contribution in [0, 0.1) is 0 Å². The third-order valence-corrected chi connectivity index (χ3v) is 1.31. The Kier molecular flexibility index (Phi) is 3.59. The molecule has 0 aromatic rings. The zero-order chi connectivity index (χ0) is 5.28. The Bertz CT molecular complexity index is 94.4. The molecule has 1 aliphatic heterocycles. The second kappa shape index (κ2) is 3.42. The Morgan fingerprint density at radius 2 is 2.25 bits per heavy atom. The average molecular weight is 308 g/mol. The van der Waals surface area contributed by atoms with Crippen molar-refractivity contribution in [2.75, 3.05) is 13.6 Å². The Balaban J connectivity index is 0.000000490. The molecular formula is C5H11NOPb. The van der Waals surface area contributed by atoms with Crippen LogP contribution in [0.4, 0.5) is 0 Å². The Morgan fingerprint density at radius 1 is 1.62 bits per heavy atom. The number of rotatable bonds is 0. The summed E-state index contributed by atoms with van der Waals surface area (Å²) in [6.07, 6.45) is 1.81. The molecule has 2 nitrogen and oxygen atoms in total. The van der Waals surface area contributed by atoms with Crippen molar-refractivity contribution in [1.82, 2.24) is 4.90 Å². The Morgan fingerprint density at radius 3 is 2.38 bits per heavy atom. The van der Waals surface area contributed by atoms with E-state index in [2.05, 4.69) is 0 Å². The van der Waals surface area contributed by atoms with Crippen LogP contribution in [0.5, 0.6) is 0 Å². The van der Waals surface area contributed by atoms with Gasteiger partial charge >= 0.3 is 27.3 Å². The van der Waals surface area contributed by atoms with Crippen LogP contribution in [0.3, 0.4) is 0 Å². The van der Waals surface area contributed by atoms with Gasteiger partial charge in [-0.2, -0.15) is 0 Å². The van der Waals surface area contributed by atoms with E-state index in [1.807, 2.05) is 7.05 Å². The molecule has 1 aliphatic rings. The number of carbonyl (C=O) groups is 1. The number of carbonyl (C=O) groups excluding carboxylic acids is 1. The van der Waals surface area contributed by atoms with E-state index in [1.165, 1.54) is 0 Å². The number of hydrogen-bond donors (Lipinski definition) is 0. The van der Waals surface area contributed by atoms with E-state index in [0.29, 0.717) is 5.91 Å². The van der Waals surface area contributed by atoms with Crippen molar-refractivity contribution in [3.8, 4) is 0 Å². The number of likely N-dealkylation sites (tertiary alicyclic amines) is 1. The fraction of sp³-hybridized carbons (Fsp3) is 0.800. The average Bonchev–Trinajstić information content (AvgIpc) is 1.91. The molecule has 1 heterocycles. The monoisotopic (exact) mass is 309 g/mol. The van der Waals surface area contributed by atoms with Crippen molar-refractivity contribution >= 4 is 33.2 Å². The molecule has 0 saturated carbocycles. The molecule has 0 unspecified atom stereocenters. The van der Waals surface area contributed by atoms with Crippen molar-refractivity contribution in [2.24, 2.45) is 0 Å². The molecular weight excluding hydrogens is 297 g/mol. The van der Waals surface area contributed by atoms with Gasteiger partial charge in [0.2, 0.25) is 5.91 Å². The summed E-state index contributed by atoms with van der Waals surface area (Å²) in [5, 5.41) is 0. The van der Waals surface area contributed by atoms with E-state index in [4.69, 9.17) is 0 Å². The summed E-state index contributed by atoms with van der Waals surface area (Å²) in [6.45, 7) is 0.957. The molecule has 0 aliphatic carbocycles. The van der Waals surface area contributed by atoms with Gasteiger partial charge in [-0.15, -0.1) is 0 Å². The molecule has 1 fully saturated rings. The fourth-order valence-electron chi connectivity index (χ4n) is 0.783. The summed E-state index contributed by atoms with van der Waals surface area (Å²) in [4.78, 5) is 12.3. The van der Waals surface area contributed by atoms with Crippen molar-refractivity contribution in [3.05, 3.63) is 0 Å². The zero-order valence-electron chi connectivity index (χ0n) is 5.18. The third-order valence-electron chi connectivity index (χ3n) is 1.31. The van der Waals surface area contributed by atoms with Crippen molar-refractivity contribution in [3.63, 3.8) is 0 Å². The molecule has 1 rings (SSSR count). The minimum absolute atomic E-state index is 0. The van der Waals surface area contributed by atoms with Gasteiger partial charge in [-0.05, 0) is 6.42 Å². The molecule has 0 aromatic heterocycles. The van der Waals surface area contributed by atoms with Crippen molar-refractivity contribution < 1.29 is 4.79 Å². The minimum atomic E-state index is 0. The zero-order valence-corrected chi connectivity index (χ0v) is 10.7. The SMILES string of the molecule is CN1CCCC1=O.[PbH2]. The van der Waals surface area contributed by atoms with Crippen molar-refractivity contribution in [2.45, 2.75) is 12.8 Å². The van der Waals surface area contributed by atoms with Crippen LogP contribution in [0.2, 0.25) is 0 Å². The van der Waals surface area contributed by atoms with Crippen LogP contribution in [-0.4, -0.2) is 51.7 Å². The summed E-state index contributed by atoms with van der Waals surface area (Å²) >= 11 is 0. The van der Waals surface area contributed by atoms with E-state index >= 15 is 0 Å². The summed E-state index contributed by atoms with van der Waals surface area (Å²) in [5.74, 6) is 0.292. The molecule has 3 heteroatoms. The summed E-state index contributed by atoms with van der Waals surface area (Å²) in [7, 11) is 1.84. The molecule has 0 bridgehead atoms. The van der Waals surface area contributed by atoms with Crippen LogP contribution < -0.4 is 0 Å². The van der Waals surface area contributed by atoms with Crippen LogP contribution in [0.15, 0.2) is 0 Å². The van der Waals surface area contributed by atoms with E-state index in [0.717, 1.165) is 19.4 Å². The van der Waals surface area contributed by atoms with Crippen molar-refractivity contribution in [1.29, 1.82) is 0 Å². The van der Waals surface area contributed by atoms with Gasteiger partial charge in [0, 0.05) is 20.0 Å². The third kappa shape index (κ3) is 1.72. The van der Waals surface area contributed by atoms with E-state index in [-0.39, 0.29) is 27.3 Å². The van der Waals surface area contributed by atoms with Crippen LogP contribution in [0.1, 0.15) is 12.8 Å². The first-order chi connectivity index (χ1) is 3.30. The van der Waals surface area contributed by atoms with Gasteiger partial charge in [0.05, 0.1) is 0 Å². The van der Waals surface area contributed by atoms with E-state index in [9.17, 15) is 4.79 Å². The first-order valence-electron chi connectivity index (χ1n) is 2.54. The normalized spacial score (nSPS) is 18.6. The van der Waals surface area contributed by atoms with Gasteiger partial charge in [0.25, 0.3) is 0 Å². The van der Waals surface area contributed by atoms with Gasteiger partial charge in [-0.25, -0.2) is 0 Å². The molecule has 1 amide bonds. The molecule has 46 valence electrons. The first kappa shape index (κ1) is 8.39. The molecule has 8 heavy (non-hydrogen) atoms. The predicted octanol–water partition coefficient (Wildman–Crippen LogP) is -0.678. The quantitative estimate of drug-likeness (QED) is 0.543. The molecule has 0 N–H and O–H groups in total. The standard InChI is InChI=1S/C5H9NO.Pb.2H/c1-6-4-2-3-5(6)7;;;/h2-4H2,1H3;;;. The van der Waals surface area contributed by atoms with Crippen LogP contribution in [0.25, 0.3) is 0 Å². The Labute approximate surface area is 69.4 Å². The molecule has 0 atom stereocenters. The first-order valence-corrected chi connectivity index (χ1v) is 2.54. The van der Waals surface area contributed by atoms with Gasteiger partial charge in [0.1, 0.15) is 0 Å². The summed E-state index contributed by atoms with van der Waals surface area (Å²) < 4.78 is 0. The topological polar surface area (TPSA) is 20.3 Å².